The van der Waals surface area contributed by atoms with Gasteiger partial charge in [0.15, 0.2) is 5.82 Å². The Morgan fingerprint density at radius 2 is 1.58 bits per heavy atom. The van der Waals surface area contributed by atoms with E-state index < -0.39 is 0 Å². The molecule has 2 saturated heterocycles. The summed E-state index contributed by atoms with van der Waals surface area (Å²) in [5.74, 6) is 1.38. The van der Waals surface area contributed by atoms with Crippen molar-refractivity contribution in [3.05, 3.63) is 60.3 Å². The Bertz CT molecular complexity index is 1000. The van der Waals surface area contributed by atoms with E-state index in [0.29, 0.717) is 17.4 Å². The molecule has 2 fully saturated rings. The summed E-state index contributed by atoms with van der Waals surface area (Å²) in [6.07, 6.45) is 13.6. The minimum absolute atomic E-state index is 0.138. The molecule has 2 aliphatic rings. The second kappa shape index (κ2) is 16.4. The quantitative estimate of drug-likeness (QED) is 0.426. The number of piperidine rings is 1. The van der Waals surface area contributed by atoms with E-state index in [4.69, 9.17) is 11.6 Å². The first-order valence-electron chi connectivity index (χ1n) is 12.9. The van der Waals surface area contributed by atoms with E-state index in [1.807, 2.05) is 52.0 Å². The molecular formula is C27H38ClN7O. The van der Waals surface area contributed by atoms with E-state index in [0.717, 1.165) is 56.1 Å². The van der Waals surface area contributed by atoms with Crippen LogP contribution in [0, 0.1) is 0 Å². The van der Waals surface area contributed by atoms with Crippen LogP contribution < -0.4 is 15.1 Å². The summed E-state index contributed by atoms with van der Waals surface area (Å²) in [5.41, 5.74) is 1.54. The molecule has 1 amide bonds. The maximum atomic E-state index is 11.9. The lowest BCUT2D eigenvalue weighted by molar-refractivity contribution is -0.117. The molecule has 3 aromatic heterocycles. The number of halogens is 1. The Labute approximate surface area is 220 Å². The monoisotopic (exact) mass is 511 g/mol. The minimum Gasteiger partial charge on any atom is -0.355 e. The topological polar surface area (TPSA) is 87.1 Å². The Kier molecular flexibility index (Phi) is 13.2. The SMILES string of the molecule is CC.CC.O=C1CCCN1c1cncc(Nc2ncc(Cl)c(N3CCCCC3)n2)c1.c1ccncc1. The number of rotatable bonds is 4. The third-order valence-electron chi connectivity index (χ3n) is 5.31. The van der Waals surface area contributed by atoms with Crippen molar-refractivity contribution < 1.29 is 4.79 Å². The molecule has 194 valence electrons. The lowest BCUT2D eigenvalue weighted by Gasteiger charge is -2.28. The summed E-state index contributed by atoms with van der Waals surface area (Å²) in [6.45, 7) is 10.7. The van der Waals surface area contributed by atoms with Crippen LogP contribution >= 0.6 is 11.6 Å². The zero-order valence-corrected chi connectivity index (χ0v) is 22.6. The number of carbonyl (C=O) groups excluding carboxylic acids is 1. The zero-order valence-electron chi connectivity index (χ0n) is 21.8. The highest BCUT2D eigenvalue weighted by Crippen LogP contribution is 2.28. The normalized spacial score (nSPS) is 14.4. The largest absolute Gasteiger partial charge is 0.355 e. The Morgan fingerprint density at radius 3 is 2.17 bits per heavy atom. The first-order valence-corrected chi connectivity index (χ1v) is 13.2. The number of nitrogens with one attached hydrogen (secondary N) is 1. The van der Waals surface area contributed by atoms with Crippen molar-refractivity contribution in [3.63, 3.8) is 0 Å². The molecule has 0 unspecified atom stereocenters. The summed E-state index contributed by atoms with van der Waals surface area (Å²) >= 11 is 6.31. The molecule has 0 aromatic carbocycles. The molecule has 0 aliphatic carbocycles. The van der Waals surface area contributed by atoms with E-state index in [1.54, 1.807) is 35.9 Å². The lowest BCUT2D eigenvalue weighted by Crippen LogP contribution is -2.30. The van der Waals surface area contributed by atoms with Crippen LogP contribution in [0.4, 0.5) is 23.1 Å². The average Bonchev–Trinajstić information content (AvgIpc) is 3.40. The van der Waals surface area contributed by atoms with E-state index in [-0.39, 0.29) is 5.91 Å². The summed E-state index contributed by atoms with van der Waals surface area (Å²) in [7, 11) is 0. The molecule has 0 radical (unpaired) electrons. The Morgan fingerprint density at radius 1 is 0.861 bits per heavy atom. The molecule has 5 heterocycles. The highest BCUT2D eigenvalue weighted by atomic mass is 35.5. The molecule has 0 atom stereocenters. The number of carbonyl (C=O) groups is 1. The standard InChI is InChI=1S/C18H21ClN6O.C5H5N.2C2H6/c19-15-12-21-18(23-17(15)24-6-2-1-3-7-24)22-13-9-14(11-20-10-13)25-8-4-5-16(25)26;1-2-4-6-5-3-1;2*1-2/h9-12H,1-8H2,(H,21,22,23);1-5H;2*1-2H3. The van der Waals surface area contributed by atoms with Crippen molar-refractivity contribution in [2.24, 2.45) is 0 Å². The van der Waals surface area contributed by atoms with Gasteiger partial charge in [-0.05, 0) is 43.9 Å². The summed E-state index contributed by atoms with van der Waals surface area (Å²) < 4.78 is 0. The fourth-order valence-corrected chi connectivity index (χ4v) is 3.96. The summed E-state index contributed by atoms with van der Waals surface area (Å²) in [4.78, 5) is 32.8. The van der Waals surface area contributed by atoms with Crippen LogP contribution in [0.2, 0.25) is 5.02 Å². The van der Waals surface area contributed by atoms with Crippen molar-refractivity contribution in [2.75, 3.05) is 34.8 Å². The Hall–Kier alpha value is -3.26. The van der Waals surface area contributed by atoms with Crippen molar-refractivity contribution in [1.29, 1.82) is 0 Å². The number of hydrogen-bond acceptors (Lipinski definition) is 7. The van der Waals surface area contributed by atoms with Crippen LogP contribution in [0.25, 0.3) is 0 Å². The van der Waals surface area contributed by atoms with E-state index in [1.165, 1.54) is 6.42 Å². The van der Waals surface area contributed by atoms with Gasteiger partial charge < -0.3 is 15.1 Å². The predicted octanol–water partition coefficient (Wildman–Crippen LogP) is 6.52. The number of amides is 1. The molecule has 1 N–H and O–H groups in total. The fraction of sp³-hybridized carbons (Fsp3) is 0.444. The molecule has 3 aromatic rings. The van der Waals surface area contributed by atoms with E-state index in [9.17, 15) is 4.79 Å². The van der Waals surface area contributed by atoms with E-state index in [2.05, 4.69) is 30.2 Å². The van der Waals surface area contributed by atoms with Gasteiger partial charge >= 0.3 is 0 Å². The predicted molar refractivity (Wildman–Crippen MR) is 149 cm³/mol. The highest BCUT2D eigenvalue weighted by Gasteiger charge is 2.22. The molecular weight excluding hydrogens is 474 g/mol. The van der Waals surface area contributed by atoms with Crippen molar-refractivity contribution in [2.45, 2.75) is 59.8 Å². The van der Waals surface area contributed by atoms with Gasteiger partial charge in [0.25, 0.3) is 0 Å². The molecule has 9 heteroatoms. The molecule has 36 heavy (non-hydrogen) atoms. The number of pyridine rings is 2. The van der Waals surface area contributed by atoms with Gasteiger partial charge in [-0.1, -0.05) is 45.4 Å². The smallest absolute Gasteiger partial charge is 0.229 e. The van der Waals surface area contributed by atoms with Gasteiger partial charge in [-0.15, -0.1) is 0 Å². The lowest BCUT2D eigenvalue weighted by atomic mass is 10.1. The van der Waals surface area contributed by atoms with Gasteiger partial charge in [0.05, 0.1) is 30.0 Å². The number of aromatic nitrogens is 4. The van der Waals surface area contributed by atoms with Crippen LogP contribution in [0.15, 0.2) is 55.2 Å². The van der Waals surface area contributed by atoms with Crippen molar-refractivity contribution in [3.8, 4) is 0 Å². The van der Waals surface area contributed by atoms with E-state index >= 15 is 0 Å². The van der Waals surface area contributed by atoms with Gasteiger partial charge in [0.2, 0.25) is 11.9 Å². The van der Waals surface area contributed by atoms with Gasteiger partial charge in [-0.25, -0.2) is 4.98 Å². The van der Waals surface area contributed by atoms with Gasteiger partial charge in [-0.2, -0.15) is 4.98 Å². The maximum absolute atomic E-state index is 11.9. The first-order chi connectivity index (χ1) is 17.7. The average molecular weight is 512 g/mol. The van der Waals surface area contributed by atoms with Crippen LogP contribution in [0.1, 0.15) is 59.8 Å². The van der Waals surface area contributed by atoms with Crippen LogP contribution in [-0.4, -0.2) is 45.5 Å². The van der Waals surface area contributed by atoms with Crippen LogP contribution in [0.3, 0.4) is 0 Å². The summed E-state index contributed by atoms with van der Waals surface area (Å²) in [6, 6.07) is 7.61. The second-order valence-electron chi connectivity index (χ2n) is 7.64. The maximum Gasteiger partial charge on any atom is 0.229 e. The molecule has 8 nitrogen and oxygen atoms in total. The molecule has 0 bridgehead atoms. The molecule has 2 aliphatic heterocycles. The zero-order chi connectivity index (χ0) is 26.2. The minimum atomic E-state index is 0.138. The van der Waals surface area contributed by atoms with Gasteiger partial charge in [-0.3, -0.25) is 14.8 Å². The highest BCUT2D eigenvalue weighted by molar-refractivity contribution is 6.32. The van der Waals surface area contributed by atoms with Crippen molar-refractivity contribution >= 4 is 40.6 Å². The third kappa shape index (κ3) is 8.75. The number of nitrogens with zero attached hydrogens (tertiary/aromatic N) is 6. The van der Waals surface area contributed by atoms with Gasteiger partial charge in [0, 0.05) is 38.4 Å². The van der Waals surface area contributed by atoms with Crippen LogP contribution in [-0.2, 0) is 4.79 Å². The number of hydrogen-bond donors (Lipinski definition) is 1. The van der Waals surface area contributed by atoms with Crippen molar-refractivity contribution in [1.82, 2.24) is 19.9 Å². The molecule has 5 rings (SSSR count). The second-order valence-corrected chi connectivity index (χ2v) is 8.05. The molecule has 0 saturated carbocycles. The Balaban J connectivity index is 0.000000390. The number of anilines is 4. The fourth-order valence-electron chi connectivity index (χ4n) is 3.75. The van der Waals surface area contributed by atoms with Crippen LogP contribution in [0.5, 0.6) is 0 Å². The first kappa shape index (κ1) is 29.0. The van der Waals surface area contributed by atoms with Gasteiger partial charge in [0.1, 0.15) is 5.02 Å². The third-order valence-corrected chi connectivity index (χ3v) is 5.58. The molecule has 0 spiro atoms. The summed E-state index contributed by atoms with van der Waals surface area (Å²) in [5, 5.41) is 3.74.